The molecule has 1 N–H and O–H groups in total. The molecule has 0 bridgehead atoms. The summed E-state index contributed by atoms with van der Waals surface area (Å²) in [7, 11) is 0. The predicted molar refractivity (Wildman–Crippen MR) is 132 cm³/mol. The van der Waals surface area contributed by atoms with E-state index in [9.17, 15) is 4.79 Å². The topological polar surface area (TPSA) is 46.9 Å². The van der Waals surface area contributed by atoms with E-state index in [0.717, 1.165) is 43.7 Å². The number of fused-ring (bicyclic) bond motifs is 1. The van der Waals surface area contributed by atoms with Gasteiger partial charge >= 0.3 is 0 Å². The number of carbonyl (C=O) groups excluding carboxylic acids is 1. The van der Waals surface area contributed by atoms with Gasteiger partial charge in [-0.1, -0.05) is 62.3 Å². The third-order valence-electron chi connectivity index (χ3n) is 6.69. The average Bonchev–Trinajstić information content (AvgIpc) is 3.18. The molecule has 3 aromatic rings. The second kappa shape index (κ2) is 11.5. The van der Waals surface area contributed by atoms with Gasteiger partial charge in [-0.05, 0) is 61.6 Å². The standard InChI is InChI=1S/C27H34ClN3O/c28-23-16-14-22(15-17-23)27(32)29-19-8-2-5-13-26-30-24-11-6-7-12-25(24)31(26)20-18-21-9-3-1-4-10-21/h6-7,11-12,14-17,21H,1-5,8-10,13,18-20H2,(H,29,32). The van der Waals surface area contributed by atoms with Crippen molar-refractivity contribution < 1.29 is 4.79 Å². The first-order valence-electron chi connectivity index (χ1n) is 12.2. The molecule has 1 heterocycles. The number of halogens is 1. The Balaban J connectivity index is 1.25. The van der Waals surface area contributed by atoms with Crippen LogP contribution in [0.3, 0.4) is 0 Å². The molecule has 1 aliphatic rings. The van der Waals surface area contributed by atoms with Gasteiger partial charge in [-0.15, -0.1) is 0 Å². The van der Waals surface area contributed by atoms with Crippen LogP contribution in [-0.2, 0) is 13.0 Å². The molecule has 0 radical (unpaired) electrons. The van der Waals surface area contributed by atoms with E-state index in [4.69, 9.17) is 16.6 Å². The number of rotatable bonds is 10. The number of unbranched alkanes of at least 4 members (excludes halogenated alkanes) is 2. The Morgan fingerprint density at radius 2 is 1.78 bits per heavy atom. The van der Waals surface area contributed by atoms with Crippen LogP contribution in [0.1, 0.15) is 74.0 Å². The first-order chi connectivity index (χ1) is 15.7. The number of hydrogen-bond donors (Lipinski definition) is 1. The van der Waals surface area contributed by atoms with Crippen molar-refractivity contribution in [2.75, 3.05) is 6.54 Å². The third-order valence-corrected chi connectivity index (χ3v) is 6.94. The SMILES string of the molecule is O=C(NCCCCCc1nc2ccccc2n1CCC1CCCCC1)c1ccc(Cl)cc1. The molecule has 1 aliphatic carbocycles. The van der Waals surface area contributed by atoms with Crippen molar-refractivity contribution in [1.29, 1.82) is 0 Å². The second-order valence-electron chi connectivity index (χ2n) is 9.03. The molecule has 0 unspecified atom stereocenters. The van der Waals surface area contributed by atoms with Gasteiger partial charge in [-0.25, -0.2) is 4.98 Å². The van der Waals surface area contributed by atoms with Crippen molar-refractivity contribution in [1.82, 2.24) is 14.9 Å². The molecule has 4 nitrogen and oxygen atoms in total. The Kier molecular flexibility index (Phi) is 8.22. The van der Waals surface area contributed by atoms with Gasteiger partial charge in [0.05, 0.1) is 11.0 Å². The Bertz CT molecular complexity index is 1010. The van der Waals surface area contributed by atoms with Crippen LogP contribution in [0.2, 0.25) is 5.02 Å². The lowest BCUT2D eigenvalue weighted by molar-refractivity contribution is 0.0953. The van der Waals surface area contributed by atoms with Gasteiger partial charge in [-0.3, -0.25) is 4.79 Å². The summed E-state index contributed by atoms with van der Waals surface area (Å²) < 4.78 is 2.46. The first kappa shape index (κ1) is 22.8. The Labute approximate surface area is 196 Å². The summed E-state index contributed by atoms with van der Waals surface area (Å²) in [5.41, 5.74) is 3.04. The number of nitrogens with one attached hydrogen (secondary N) is 1. The molecular formula is C27H34ClN3O. The highest BCUT2D eigenvalue weighted by Gasteiger charge is 2.16. The van der Waals surface area contributed by atoms with Crippen LogP contribution in [0.5, 0.6) is 0 Å². The lowest BCUT2D eigenvalue weighted by Gasteiger charge is -2.22. The second-order valence-corrected chi connectivity index (χ2v) is 9.47. The average molecular weight is 452 g/mol. The maximum absolute atomic E-state index is 12.2. The Morgan fingerprint density at radius 1 is 1.00 bits per heavy atom. The van der Waals surface area contributed by atoms with Crippen LogP contribution in [0, 0.1) is 5.92 Å². The number of carbonyl (C=O) groups is 1. The van der Waals surface area contributed by atoms with Gasteiger partial charge in [0.1, 0.15) is 5.82 Å². The zero-order valence-electron chi connectivity index (χ0n) is 18.9. The maximum Gasteiger partial charge on any atom is 0.251 e. The zero-order valence-corrected chi connectivity index (χ0v) is 19.6. The molecule has 1 aromatic heterocycles. The predicted octanol–water partition coefficient (Wildman–Crippen LogP) is 6.80. The third kappa shape index (κ3) is 6.13. The lowest BCUT2D eigenvalue weighted by Crippen LogP contribution is -2.24. The summed E-state index contributed by atoms with van der Waals surface area (Å²) in [5.74, 6) is 2.06. The molecule has 170 valence electrons. The highest BCUT2D eigenvalue weighted by Crippen LogP contribution is 2.28. The van der Waals surface area contributed by atoms with Crippen LogP contribution in [0.25, 0.3) is 11.0 Å². The fraction of sp³-hybridized carbons (Fsp3) is 0.481. The molecule has 0 saturated heterocycles. The van der Waals surface area contributed by atoms with Crippen LogP contribution < -0.4 is 5.32 Å². The number of aryl methyl sites for hydroxylation is 2. The van der Waals surface area contributed by atoms with Gasteiger partial charge in [0, 0.05) is 30.1 Å². The number of hydrogen-bond acceptors (Lipinski definition) is 2. The van der Waals surface area contributed by atoms with Gasteiger partial charge in [0.2, 0.25) is 0 Å². The van der Waals surface area contributed by atoms with E-state index in [1.807, 2.05) is 0 Å². The minimum absolute atomic E-state index is 0.0360. The number of imidazole rings is 1. The summed E-state index contributed by atoms with van der Waals surface area (Å²) >= 11 is 5.89. The smallest absolute Gasteiger partial charge is 0.251 e. The van der Waals surface area contributed by atoms with E-state index in [-0.39, 0.29) is 5.91 Å². The summed E-state index contributed by atoms with van der Waals surface area (Å²) in [6, 6.07) is 15.5. The van der Waals surface area contributed by atoms with E-state index in [2.05, 4.69) is 34.1 Å². The molecule has 32 heavy (non-hydrogen) atoms. The Morgan fingerprint density at radius 3 is 2.59 bits per heavy atom. The molecule has 0 spiro atoms. The van der Waals surface area contributed by atoms with E-state index >= 15 is 0 Å². The Hall–Kier alpha value is -2.33. The highest BCUT2D eigenvalue weighted by atomic mass is 35.5. The monoisotopic (exact) mass is 451 g/mol. The summed E-state index contributed by atoms with van der Waals surface area (Å²) in [6.07, 6.45) is 12.4. The lowest BCUT2D eigenvalue weighted by atomic mass is 9.87. The van der Waals surface area contributed by atoms with Gasteiger partial charge in [0.15, 0.2) is 0 Å². The normalized spacial score (nSPS) is 14.7. The van der Waals surface area contributed by atoms with E-state index in [0.29, 0.717) is 17.1 Å². The fourth-order valence-corrected chi connectivity index (χ4v) is 4.97. The van der Waals surface area contributed by atoms with Crippen molar-refractivity contribution >= 4 is 28.5 Å². The van der Waals surface area contributed by atoms with Crippen molar-refractivity contribution in [2.45, 2.75) is 70.8 Å². The molecule has 1 fully saturated rings. The van der Waals surface area contributed by atoms with Gasteiger partial charge in [-0.2, -0.15) is 0 Å². The molecule has 0 aliphatic heterocycles. The molecular weight excluding hydrogens is 418 g/mol. The number of para-hydroxylation sites is 2. The van der Waals surface area contributed by atoms with Crippen LogP contribution in [0.15, 0.2) is 48.5 Å². The van der Waals surface area contributed by atoms with Crippen molar-refractivity contribution in [3.63, 3.8) is 0 Å². The number of benzene rings is 2. The largest absolute Gasteiger partial charge is 0.352 e. The number of nitrogens with zero attached hydrogens (tertiary/aromatic N) is 2. The summed E-state index contributed by atoms with van der Waals surface area (Å²) in [4.78, 5) is 17.1. The van der Waals surface area contributed by atoms with E-state index in [1.54, 1.807) is 24.3 Å². The zero-order chi connectivity index (χ0) is 22.2. The highest BCUT2D eigenvalue weighted by molar-refractivity contribution is 6.30. The van der Waals surface area contributed by atoms with E-state index < -0.39 is 0 Å². The first-order valence-corrected chi connectivity index (χ1v) is 12.6. The summed E-state index contributed by atoms with van der Waals surface area (Å²) in [6.45, 7) is 1.78. The van der Waals surface area contributed by atoms with Crippen LogP contribution in [0.4, 0.5) is 0 Å². The maximum atomic E-state index is 12.2. The molecule has 0 atom stereocenters. The van der Waals surface area contributed by atoms with Crippen LogP contribution in [-0.4, -0.2) is 22.0 Å². The molecule has 1 saturated carbocycles. The van der Waals surface area contributed by atoms with E-state index in [1.165, 1.54) is 49.9 Å². The molecule has 2 aromatic carbocycles. The van der Waals surface area contributed by atoms with Crippen molar-refractivity contribution in [2.24, 2.45) is 5.92 Å². The molecule has 5 heteroatoms. The number of aromatic nitrogens is 2. The van der Waals surface area contributed by atoms with Crippen LogP contribution >= 0.6 is 11.6 Å². The molecule has 1 amide bonds. The van der Waals surface area contributed by atoms with Gasteiger partial charge < -0.3 is 9.88 Å². The quantitative estimate of drug-likeness (QED) is 0.344. The fourth-order valence-electron chi connectivity index (χ4n) is 4.84. The van der Waals surface area contributed by atoms with Gasteiger partial charge in [0.25, 0.3) is 5.91 Å². The van der Waals surface area contributed by atoms with Crippen molar-refractivity contribution in [3.8, 4) is 0 Å². The summed E-state index contributed by atoms with van der Waals surface area (Å²) in [5, 5.41) is 3.65. The number of amides is 1. The van der Waals surface area contributed by atoms with Crippen molar-refractivity contribution in [3.05, 3.63) is 64.9 Å². The minimum atomic E-state index is -0.0360. The molecule has 4 rings (SSSR count). The minimum Gasteiger partial charge on any atom is -0.352 e.